The van der Waals surface area contributed by atoms with Gasteiger partial charge in [-0.15, -0.1) is 23.7 Å². The number of benzene rings is 1. The zero-order valence-electron chi connectivity index (χ0n) is 16.5. The molecule has 1 aliphatic rings. The predicted molar refractivity (Wildman–Crippen MR) is 121 cm³/mol. The SMILES string of the molecule is CN=Cc1c(N2CCC(CNC)C2)c(F)cc2c(=O)c(C(=O)O)c3sccn3c12.Cl. The third kappa shape index (κ3) is 3.46. The lowest BCUT2D eigenvalue weighted by molar-refractivity contribution is 0.0697. The molecule has 1 fully saturated rings. The quantitative estimate of drug-likeness (QED) is 0.581. The molecule has 0 aliphatic carbocycles. The van der Waals surface area contributed by atoms with Gasteiger partial charge in [0.05, 0.1) is 16.6 Å². The van der Waals surface area contributed by atoms with Gasteiger partial charge in [0.2, 0.25) is 5.43 Å². The van der Waals surface area contributed by atoms with Crippen LogP contribution in [0.5, 0.6) is 0 Å². The molecule has 30 heavy (non-hydrogen) atoms. The first kappa shape index (κ1) is 22.2. The van der Waals surface area contributed by atoms with E-state index in [-0.39, 0.29) is 23.4 Å². The number of halogens is 2. The highest BCUT2D eigenvalue weighted by Crippen LogP contribution is 2.35. The number of carboxylic acid groups (broad SMARTS) is 1. The fourth-order valence-corrected chi connectivity index (χ4v) is 5.08. The second kappa shape index (κ2) is 8.71. The Bertz CT molecular complexity index is 1210. The summed E-state index contributed by atoms with van der Waals surface area (Å²) in [5.74, 6) is -1.46. The molecular weight excluding hydrogens is 431 g/mol. The van der Waals surface area contributed by atoms with E-state index in [4.69, 9.17) is 0 Å². The van der Waals surface area contributed by atoms with E-state index >= 15 is 4.39 Å². The minimum atomic E-state index is -1.32. The highest BCUT2D eigenvalue weighted by molar-refractivity contribution is 7.16. The number of nitrogens with one attached hydrogen (secondary N) is 1. The van der Waals surface area contributed by atoms with Crippen LogP contribution in [0.1, 0.15) is 22.3 Å². The first-order valence-electron chi connectivity index (χ1n) is 9.31. The minimum absolute atomic E-state index is 0. The van der Waals surface area contributed by atoms with Gasteiger partial charge < -0.3 is 19.7 Å². The fourth-order valence-electron chi connectivity index (χ4n) is 4.20. The van der Waals surface area contributed by atoms with E-state index < -0.39 is 17.2 Å². The summed E-state index contributed by atoms with van der Waals surface area (Å²) < 4.78 is 17.0. The van der Waals surface area contributed by atoms with Crippen LogP contribution in [0, 0.1) is 11.7 Å². The molecule has 1 atom stereocenters. The van der Waals surface area contributed by atoms with Crippen LogP contribution in [-0.2, 0) is 0 Å². The average molecular weight is 453 g/mol. The van der Waals surface area contributed by atoms with E-state index in [2.05, 4.69) is 10.3 Å². The standard InChI is InChI=1S/C20H21FN4O3S.ClH/c1-22-8-11-3-4-24(10-11)17-13(9-23-2)16-12(7-14(17)21)18(26)15(20(27)28)19-25(16)5-6-29-19;/h5-7,9,11,22H,3-4,8,10H2,1-2H3,(H,27,28);1H. The molecule has 2 aromatic heterocycles. The molecular formula is C20H22ClFN4O3S. The van der Waals surface area contributed by atoms with Crippen LogP contribution in [0.25, 0.3) is 15.7 Å². The molecule has 3 heterocycles. The number of hydrogen-bond acceptors (Lipinski definition) is 6. The van der Waals surface area contributed by atoms with Gasteiger partial charge in [-0.2, -0.15) is 0 Å². The van der Waals surface area contributed by atoms with Crippen molar-refractivity contribution in [3.8, 4) is 0 Å². The predicted octanol–water partition coefficient (Wildman–Crippen LogP) is 2.87. The number of hydrogen-bond donors (Lipinski definition) is 2. The van der Waals surface area contributed by atoms with Gasteiger partial charge in [-0.25, -0.2) is 9.18 Å². The number of nitrogens with zero attached hydrogens (tertiary/aromatic N) is 3. The Morgan fingerprint density at radius 1 is 1.50 bits per heavy atom. The molecule has 2 N–H and O–H groups in total. The number of aromatic carboxylic acids is 1. The summed E-state index contributed by atoms with van der Waals surface area (Å²) >= 11 is 1.17. The maximum absolute atomic E-state index is 15.3. The Morgan fingerprint density at radius 3 is 2.93 bits per heavy atom. The summed E-state index contributed by atoms with van der Waals surface area (Å²) in [5.41, 5.74) is 0.365. The Hall–Kier alpha value is -2.49. The van der Waals surface area contributed by atoms with Gasteiger partial charge in [0.1, 0.15) is 16.2 Å². The molecule has 0 amide bonds. The summed E-state index contributed by atoms with van der Waals surface area (Å²) in [4.78, 5) is 31.1. The van der Waals surface area contributed by atoms with Crippen LogP contribution in [0.3, 0.4) is 0 Å². The Morgan fingerprint density at radius 2 is 2.27 bits per heavy atom. The Labute approximate surface area is 182 Å². The van der Waals surface area contributed by atoms with Crippen molar-refractivity contribution in [3.63, 3.8) is 0 Å². The van der Waals surface area contributed by atoms with Crippen LogP contribution in [0.2, 0.25) is 0 Å². The van der Waals surface area contributed by atoms with Gasteiger partial charge in [0.15, 0.2) is 0 Å². The molecule has 1 saturated heterocycles. The third-order valence-electron chi connectivity index (χ3n) is 5.36. The van der Waals surface area contributed by atoms with Gasteiger partial charge >= 0.3 is 5.97 Å². The van der Waals surface area contributed by atoms with Crippen molar-refractivity contribution in [2.75, 3.05) is 38.6 Å². The molecule has 3 aromatic rings. The van der Waals surface area contributed by atoms with E-state index in [1.54, 1.807) is 29.2 Å². The van der Waals surface area contributed by atoms with Crippen LogP contribution in [-0.4, -0.2) is 55.4 Å². The van der Waals surface area contributed by atoms with Gasteiger partial charge in [-0.05, 0) is 32.0 Å². The second-order valence-electron chi connectivity index (χ2n) is 7.15. The summed E-state index contributed by atoms with van der Waals surface area (Å²) in [6.07, 6.45) is 4.19. The van der Waals surface area contributed by atoms with Crippen molar-refractivity contribution in [1.29, 1.82) is 0 Å². The normalized spacial score (nSPS) is 16.6. The fraction of sp³-hybridized carbons (Fsp3) is 0.350. The molecule has 0 radical (unpaired) electrons. The lowest BCUT2D eigenvalue weighted by Crippen LogP contribution is -2.26. The van der Waals surface area contributed by atoms with Gasteiger partial charge in [-0.3, -0.25) is 9.79 Å². The van der Waals surface area contributed by atoms with E-state index in [0.717, 1.165) is 13.0 Å². The molecule has 0 saturated carbocycles. The highest BCUT2D eigenvalue weighted by Gasteiger charge is 2.29. The Kier molecular flexibility index (Phi) is 6.44. The first-order chi connectivity index (χ1) is 14.0. The number of anilines is 1. The smallest absolute Gasteiger partial charge is 0.342 e. The Balaban J connectivity index is 0.00000256. The molecule has 1 aliphatic heterocycles. The van der Waals surface area contributed by atoms with Gasteiger partial charge in [0, 0.05) is 43.5 Å². The first-order valence-corrected chi connectivity index (χ1v) is 10.2. The van der Waals surface area contributed by atoms with Gasteiger partial charge in [-0.1, -0.05) is 0 Å². The number of pyridine rings is 1. The molecule has 1 aromatic carbocycles. The molecule has 1 unspecified atom stereocenters. The number of fused-ring (bicyclic) bond motifs is 3. The van der Waals surface area contributed by atoms with Crippen molar-refractivity contribution >= 4 is 57.3 Å². The summed E-state index contributed by atoms with van der Waals surface area (Å²) in [7, 11) is 3.49. The van der Waals surface area contributed by atoms with Crippen LogP contribution in [0.4, 0.5) is 10.1 Å². The number of aromatic nitrogens is 1. The van der Waals surface area contributed by atoms with Crippen molar-refractivity contribution in [2.24, 2.45) is 10.9 Å². The minimum Gasteiger partial charge on any atom is -0.477 e. The lowest BCUT2D eigenvalue weighted by atomic mass is 10.0. The topological polar surface area (TPSA) is 86.4 Å². The molecule has 4 rings (SSSR count). The van der Waals surface area contributed by atoms with Gasteiger partial charge in [0.25, 0.3) is 0 Å². The molecule has 7 nitrogen and oxygen atoms in total. The number of rotatable bonds is 5. The van der Waals surface area contributed by atoms with E-state index in [0.29, 0.717) is 40.6 Å². The molecule has 0 bridgehead atoms. The summed E-state index contributed by atoms with van der Waals surface area (Å²) in [5, 5.41) is 14.5. The third-order valence-corrected chi connectivity index (χ3v) is 6.25. The van der Waals surface area contributed by atoms with E-state index in [1.165, 1.54) is 17.4 Å². The summed E-state index contributed by atoms with van der Waals surface area (Å²) in [6, 6.07) is 1.17. The summed E-state index contributed by atoms with van der Waals surface area (Å²) in [6.45, 7) is 2.25. The maximum Gasteiger partial charge on any atom is 0.342 e. The van der Waals surface area contributed by atoms with E-state index in [1.807, 2.05) is 11.9 Å². The van der Waals surface area contributed by atoms with Crippen molar-refractivity contribution in [1.82, 2.24) is 9.72 Å². The second-order valence-corrected chi connectivity index (χ2v) is 8.04. The van der Waals surface area contributed by atoms with Crippen LogP contribution in [0.15, 0.2) is 27.4 Å². The van der Waals surface area contributed by atoms with Crippen molar-refractivity contribution in [3.05, 3.63) is 44.8 Å². The molecule has 0 spiro atoms. The van der Waals surface area contributed by atoms with Crippen molar-refractivity contribution < 1.29 is 14.3 Å². The highest BCUT2D eigenvalue weighted by atomic mass is 35.5. The number of carbonyl (C=O) groups is 1. The number of thiazole rings is 1. The molecule has 10 heteroatoms. The maximum atomic E-state index is 15.3. The van der Waals surface area contributed by atoms with Crippen molar-refractivity contribution in [2.45, 2.75) is 6.42 Å². The zero-order chi connectivity index (χ0) is 20.7. The number of aliphatic imine (C=N–C) groups is 1. The largest absolute Gasteiger partial charge is 0.477 e. The van der Waals surface area contributed by atoms with E-state index in [9.17, 15) is 14.7 Å². The monoisotopic (exact) mass is 452 g/mol. The lowest BCUT2D eigenvalue weighted by Gasteiger charge is -2.23. The van der Waals surface area contributed by atoms with Crippen LogP contribution >= 0.6 is 23.7 Å². The average Bonchev–Trinajstić information content (AvgIpc) is 3.32. The number of carboxylic acids is 1. The van der Waals surface area contributed by atoms with Crippen LogP contribution < -0.4 is 15.6 Å². The molecule has 160 valence electrons. The zero-order valence-corrected chi connectivity index (χ0v) is 18.1.